The number of carbonyl (C=O) groups is 4. The number of hydrogen-bond acceptors (Lipinski definition) is 8. The van der Waals surface area contributed by atoms with Crippen molar-refractivity contribution in [1.29, 1.82) is 0 Å². The Labute approximate surface area is 297 Å². The van der Waals surface area contributed by atoms with Gasteiger partial charge < -0.3 is 18.9 Å². The van der Waals surface area contributed by atoms with Crippen molar-refractivity contribution in [3.63, 3.8) is 0 Å². The number of ether oxygens (including phenoxy) is 4. The van der Waals surface area contributed by atoms with Crippen LogP contribution in [0, 0.1) is 47.3 Å². The SMILES string of the molecule is CC1C(C)C(COC(=O)c2c(Cl)c(Cl)cc(Cl)c2OC(=O)C(=O)Oc2c(Cl)cc(Cl)c(Cl)c2C(=O)OCC2C(C)C(C)C2C)C1C. The molecule has 2 aromatic carbocycles. The molecule has 2 aliphatic rings. The molecule has 0 saturated heterocycles. The zero-order valence-corrected chi connectivity index (χ0v) is 30.3. The lowest BCUT2D eigenvalue weighted by Gasteiger charge is -2.47. The Morgan fingerprint density at radius 2 is 0.826 bits per heavy atom. The van der Waals surface area contributed by atoms with Gasteiger partial charge in [-0.25, -0.2) is 19.2 Å². The van der Waals surface area contributed by atoms with Crippen LogP contribution in [0.5, 0.6) is 11.5 Å². The summed E-state index contributed by atoms with van der Waals surface area (Å²) in [5, 5.41) is -1.48. The van der Waals surface area contributed by atoms with Crippen LogP contribution in [-0.4, -0.2) is 37.1 Å². The molecule has 0 bridgehead atoms. The smallest absolute Gasteiger partial charge is 0.423 e. The molecule has 250 valence electrons. The van der Waals surface area contributed by atoms with E-state index in [4.69, 9.17) is 88.6 Å². The number of esters is 4. The highest BCUT2D eigenvalue weighted by molar-refractivity contribution is 6.47. The minimum absolute atomic E-state index is 0.0771. The Morgan fingerprint density at radius 3 is 1.13 bits per heavy atom. The Bertz CT molecular complexity index is 1440. The van der Waals surface area contributed by atoms with Crippen LogP contribution in [-0.2, 0) is 19.1 Å². The summed E-state index contributed by atoms with van der Waals surface area (Å²) in [5.41, 5.74) is -0.919. The summed E-state index contributed by atoms with van der Waals surface area (Å²) < 4.78 is 21.4. The van der Waals surface area contributed by atoms with Crippen molar-refractivity contribution in [3.05, 3.63) is 53.4 Å². The second-order valence-corrected chi connectivity index (χ2v) is 14.6. The lowest BCUT2D eigenvalue weighted by Crippen LogP contribution is -2.44. The molecule has 0 spiro atoms. The van der Waals surface area contributed by atoms with E-state index in [1.165, 1.54) is 0 Å². The first-order valence-corrected chi connectivity index (χ1v) is 16.9. The number of benzene rings is 2. The van der Waals surface area contributed by atoms with E-state index in [2.05, 4.69) is 41.5 Å². The molecule has 8 nitrogen and oxygen atoms in total. The average molecular weight is 757 g/mol. The van der Waals surface area contributed by atoms with Crippen LogP contribution in [0.2, 0.25) is 30.1 Å². The van der Waals surface area contributed by atoms with Gasteiger partial charge in [0.15, 0.2) is 11.5 Å². The zero-order valence-electron chi connectivity index (χ0n) is 25.7. The van der Waals surface area contributed by atoms with Crippen LogP contribution in [0.1, 0.15) is 62.3 Å². The van der Waals surface area contributed by atoms with E-state index < -0.39 is 46.5 Å². The van der Waals surface area contributed by atoms with E-state index in [0.717, 1.165) is 12.1 Å². The van der Waals surface area contributed by atoms with E-state index in [-0.39, 0.29) is 55.2 Å². The van der Waals surface area contributed by atoms with E-state index in [1.54, 1.807) is 0 Å². The van der Waals surface area contributed by atoms with Crippen LogP contribution in [0.25, 0.3) is 0 Å². The standard InChI is InChI=1S/C32H32Cl6O8/c1-11-13(3)17(14(11)4)9-43-29(39)23-25(37)19(33)7-21(35)27(23)45-31(41)32(42)46-28-22(36)8-20(34)26(38)24(28)30(40)44-10-18-15(5)12(2)16(18)6/h7-8,11-18H,9-10H2,1-6H3. The van der Waals surface area contributed by atoms with E-state index in [1.807, 2.05) is 0 Å². The molecule has 0 N–H and O–H groups in total. The van der Waals surface area contributed by atoms with Crippen LogP contribution < -0.4 is 9.47 Å². The zero-order chi connectivity index (χ0) is 34.4. The molecule has 0 radical (unpaired) electrons. The van der Waals surface area contributed by atoms with Gasteiger partial charge >= 0.3 is 23.9 Å². The number of rotatable bonds is 8. The molecule has 4 unspecified atom stereocenters. The minimum Gasteiger partial charge on any atom is -0.462 e. The normalized spacial score (nSPS) is 26.8. The molecule has 4 rings (SSSR count). The maximum atomic E-state index is 13.2. The van der Waals surface area contributed by atoms with E-state index >= 15 is 0 Å². The van der Waals surface area contributed by atoms with Crippen molar-refractivity contribution >= 4 is 93.5 Å². The van der Waals surface area contributed by atoms with Crippen molar-refractivity contribution in [3.8, 4) is 11.5 Å². The topological polar surface area (TPSA) is 105 Å². The summed E-state index contributed by atoms with van der Waals surface area (Å²) >= 11 is 37.4. The second kappa shape index (κ2) is 14.7. The summed E-state index contributed by atoms with van der Waals surface area (Å²) in [7, 11) is 0. The fourth-order valence-electron chi connectivity index (χ4n) is 6.27. The molecular formula is C32H32Cl6O8. The lowest BCUT2D eigenvalue weighted by atomic mass is 9.59. The number of hydrogen-bond donors (Lipinski definition) is 0. The first-order valence-electron chi connectivity index (χ1n) is 14.6. The number of halogens is 6. The summed E-state index contributed by atoms with van der Waals surface area (Å²) in [5.74, 6) is -3.98. The maximum Gasteiger partial charge on any atom is 0.423 e. The van der Waals surface area contributed by atoms with Crippen LogP contribution >= 0.6 is 69.6 Å². The molecule has 0 aromatic heterocycles. The third kappa shape index (κ3) is 7.08. The fourth-order valence-corrected chi connectivity index (χ4v) is 7.71. The van der Waals surface area contributed by atoms with Crippen LogP contribution in [0.15, 0.2) is 12.1 Å². The molecular weight excluding hydrogens is 725 g/mol. The first-order chi connectivity index (χ1) is 21.5. The largest absolute Gasteiger partial charge is 0.462 e. The summed E-state index contributed by atoms with van der Waals surface area (Å²) in [6.45, 7) is 12.6. The molecule has 46 heavy (non-hydrogen) atoms. The minimum atomic E-state index is -1.64. The maximum absolute atomic E-state index is 13.2. The van der Waals surface area contributed by atoms with Gasteiger partial charge in [0.1, 0.15) is 11.1 Å². The molecule has 2 fully saturated rings. The molecule has 0 heterocycles. The Balaban J connectivity index is 1.54. The van der Waals surface area contributed by atoms with Gasteiger partial charge in [0.25, 0.3) is 0 Å². The van der Waals surface area contributed by atoms with Crippen molar-refractivity contribution in [2.24, 2.45) is 47.3 Å². The van der Waals surface area contributed by atoms with Gasteiger partial charge in [-0.05, 0) is 59.5 Å². The van der Waals surface area contributed by atoms with Gasteiger partial charge in [0.2, 0.25) is 0 Å². The van der Waals surface area contributed by atoms with Crippen LogP contribution in [0.3, 0.4) is 0 Å². The third-order valence-corrected chi connectivity index (χ3v) is 12.2. The predicted octanol–water partition coefficient (Wildman–Crippen LogP) is 9.51. The van der Waals surface area contributed by atoms with Crippen LogP contribution in [0.4, 0.5) is 0 Å². The molecule has 2 aromatic rings. The van der Waals surface area contributed by atoms with Crippen molar-refractivity contribution in [1.82, 2.24) is 0 Å². The van der Waals surface area contributed by atoms with Gasteiger partial charge in [-0.1, -0.05) is 111 Å². The Morgan fingerprint density at radius 1 is 0.522 bits per heavy atom. The van der Waals surface area contributed by atoms with Crippen molar-refractivity contribution in [2.75, 3.05) is 13.2 Å². The molecule has 2 saturated carbocycles. The highest BCUT2D eigenvalue weighted by Gasteiger charge is 2.44. The quantitative estimate of drug-likeness (QED) is 0.114. The van der Waals surface area contributed by atoms with E-state index in [9.17, 15) is 19.2 Å². The molecule has 2 aliphatic carbocycles. The third-order valence-electron chi connectivity index (χ3n) is 10.1. The molecule has 4 atom stereocenters. The fraction of sp³-hybridized carbons (Fsp3) is 0.500. The summed E-state index contributed by atoms with van der Waals surface area (Å²) in [6.07, 6.45) is 0. The van der Waals surface area contributed by atoms with Gasteiger partial charge in [0.05, 0.1) is 43.3 Å². The van der Waals surface area contributed by atoms with E-state index in [0.29, 0.717) is 35.5 Å². The second-order valence-electron chi connectivity index (χ2n) is 12.2. The summed E-state index contributed by atoms with van der Waals surface area (Å²) in [4.78, 5) is 52.3. The highest BCUT2D eigenvalue weighted by Crippen LogP contribution is 2.47. The highest BCUT2D eigenvalue weighted by atomic mass is 35.5. The molecule has 14 heteroatoms. The van der Waals surface area contributed by atoms with Gasteiger partial charge in [-0.15, -0.1) is 0 Å². The van der Waals surface area contributed by atoms with Crippen molar-refractivity contribution in [2.45, 2.75) is 41.5 Å². The van der Waals surface area contributed by atoms with Gasteiger partial charge in [0, 0.05) is 0 Å². The Hall–Kier alpha value is -1.94. The Kier molecular flexibility index (Phi) is 11.8. The summed E-state index contributed by atoms with van der Waals surface area (Å²) in [6, 6.07) is 2.25. The predicted molar refractivity (Wildman–Crippen MR) is 177 cm³/mol. The average Bonchev–Trinajstić information content (AvgIpc) is 3.01. The van der Waals surface area contributed by atoms with Gasteiger partial charge in [-0.2, -0.15) is 0 Å². The molecule has 0 amide bonds. The molecule has 0 aliphatic heterocycles. The van der Waals surface area contributed by atoms with Gasteiger partial charge in [-0.3, -0.25) is 0 Å². The monoisotopic (exact) mass is 754 g/mol. The lowest BCUT2D eigenvalue weighted by molar-refractivity contribution is -0.156. The first kappa shape index (κ1) is 36.9. The number of carbonyl (C=O) groups excluding carboxylic acids is 4. The van der Waals surface area contributed by atoms with Crippen molar-refractivity contribution < 1.29 is 38.1 Å².